The summed E-state index contributed by atoms with van der Waals surface area (Å²) in [6.45, 7) is 2.77. The molecule has 2 aromatic rings. The van der Waals surface area contributed by atoms with Gasteiger partial charge in [-0.3, -0.25) is 4.79 Å². The number of rotatable bonds is 9. The molecule has 0 bridgehead atoms. The van der Waals surface area contributed by atoms with Gasteiger partial charge in [-0.05, 0) is 67.8 Å². The van der Waals surface area contributed by atoms with Crippen LogP contribution in [0.5, 0.6) is 5.75 Å². The normalized spacial score (nSPS) is 15.2. The average molecular weight is 459 g/mol. The number of hydrogen-bond donors (Lipinski definition) is 1. The molecule has 0 radical (unpaired) electrons. The zero-order valence-electron chi connectivity index (χ0n) is 19.0. The number of anilines is 1. The van der Waals surface area contributed by atoms with E-state index in [9.17, 15) is 13.2 Å². The molecule has 1 N–H and O–H groups in total. The Bertz CT molecular complexity index is 964. The van der Waals surface area contributed by atoms with Crippen LogP contribution in [0.4, 0.5) is 5.69 Å². The van der Waals surface area contributed by atoms with Crippen molar-refractivity contribution in [3.63, 3.8) is 0 Å². The van der Waals surface area contributed by atoms with Gasteiger partial charge in [0.1, 0.15) is 5.75 Å². The predicted octanol–water partition coefficient (Wildman–Crippen LogP) is 5.14. The maximum atomic E-state index is 12.8. The molecular formula is C25H34N2O4S. The Labute approximate surface area is 192 Å². The van der Waals surface area contributed by atoms with Crippen LogP contribution < -0.4 is 14.4 Å². The minimum Gasteiger partial charge on any atom is -0.494 e. The van der Waals surface area contributed by atoms with E-state index in [1.165, 1.54) is 17.7 Å². The van der Waals surface area contributed by atoms with Crippen molar-refractivity contribution in [2.24, 2.45) is 0 Å². The van der Waals surface area contributed by atoms with E-state index in [2.05, 4.69) is 11.6 Å². The van der Waals surface area contributed by atoms with Crippen LogP contribution in [0.3, 0.4) is 0 Å². The van der Waals surface area contributed by atoms with Crippen molar-refractivity contribution in [2.45, 2.75) is 69.2 Å². The highest BCUT2D eigenvalue weighted by atomic mass is 32.2. The zero-order chi connectivity index (χ0) is 23.0. The molecule has 1 aliphatic carbocycles. The Morgan fingerprint density at radius 1 is 1.00 bits per heavy atom. The van der Waals surface area contributed by atoms with E-state index < -0.39 is 10.0 Å². The van der Waals surface area contributed by atoms with Crippen LogP contribution in [0.25, 0.3) is 0 Å². The third kappa shape index (κ3) is 6.56. The van der Waals surface area contributed by atoms with Gasteiger partial charge in [-0.1, -0.05) is 39.0 Å². The van der Waals surface area contributed by atoms with Crippen LogP contribution in [0.2, 0.25) is 0 Å². The van der Waals surface area contributed by atoms with Crippen molar-refractivity contribution >= 4 is 21.6 Å². The summed E-state index contributed by atoms with van der Waals surface area (Å²) in [5, 5.41) is 0. The van der Waals surface area contributed by atoms with Crippen LogP contribution in [0, 0.1) is 0 Å². The number of hydrogen-bond acceptors (Lipinski definition) is 4. The molecule has 7 heteroatoms. The highest BCUT2D eigenvalue weighted by Crippen LogP contribution is 2.22. The Balaban J connectivity index is 1.63. The van der Waals surface area contributed by atoms with Gasteiger partial charge in [0.25, 0.3) is 5.91 Å². The number of carbonyl (C=O) groups is 1. The second kappa shape index (κ2) is 11.5. The molecule has 0 aromatic heterocycles. The second-order valence-electron chi connectivity index (χ2n) is 8.39. The molecule has 0 unspecified atom stereocenters. The van der Waals surface area contributed by atoms with Crippen molar-refractivity contribution in [3.05, 3.63) is 54.1 Å². The number of carbonyl (C=O) groups excluding carboxylic acids is 1. The minimum absolute atomic E-state index is 0.000326. The van der Waals surface area contributed by atoms with E-state index in [0.717, 1.165) is 44.3 Å². The lowest BCUT2D eigenvalue weighted by molar-refractivity contribution is 0.0993. The van der Waals surface area contributed by atoms with Crippen molar-refractivity contribution in [3.8, 4) is 5.75 Å². The molecule has 0 atom stereocenters. The largest absolute Gasteiger partial charge is 0.494 e. The summed E-state index contributed by atoms with van der Waals surface area (Å²) in [5.74, 6) is 0.575. The van der Waals surface area contributed by atoms with Crippen LogP contribution in [-0.2, 0) is 10.0 Å². The molecule has 3 rings (SSSR count). The van der Waals surface area contributed by atoms with Crippen LogP contribution >= 0.6 is 0 Å². The Hall–Kier alpha value is -2.38. The summed E-state index contributed by atoms with van der Waals surface area (Å²) < 4.78 is 34.0. The molecule has 32 heavy (non-hydrogen) atoms. The predicted molar refractivity (Wildman–Crippen MR) is 128 cm³/mol. The number of ether oxygens (including phenoxy) is 1. The first-order valence-corrected chi connectivity index (χ1v) is 13.0. The van der Waals surface area contributed by atoms with Crippen molar-refractivity contribution in [1.29, 1.82) is 0 Å². The van der Waals surface area contributed by atoms with Crippen LogP contribution in [-0.4, -0.2) is 34.0 Å². The second-order valence-corrected chi connectivity index (χ2v) is 10.1. The first-order valence-electron chi connectivity index (χ1n) is 11.5. The summed E-state index contributed by atoms with van der Waals surface area (Å²) in [6, 6.07) is 13.5. The fourth-order valence-electron chi connectivity index (χ4n) is 3.87. The summed E-state index contributed by atoms with van der Waals surface area (Å²) in [5.41, 5.74) is 1.17. The number of sulfonamides is 1. The van der Waals surface area contributed by atoms with E-state index in [1.807, 2.05) is 0 Å². The molecule has 174 valence electrons. The van der Waals surface area contributed by atoms with Gasteiger partial charge < -0.3 is 9.64 Å². The zero-order valence-corrected chi connectivity index (χ0v) is 19.9. The van der Waals surface area contributed by atoms with Crippen molar-refractivity contribution < 1.29 is 17.9 Å². The maximum absolute atomic E-state index is 12.8. The molecule has 0 aliphatic heterocycles. The van der Waals surface area contributed by atoms with Gasteiger partial charge in [0, 0.05) is 24.3 Å². The van der Waals surface area contributed by atoms with Crippen LogP contribution in [0.15, 0.2) is 53.4 Å². The number of benzene rings is 2. The highest BCUT2D eigenvalue weighted by Gasteiger charge is 2.22. The number of unbranched alkanes of at least 4 members (excludes halogenated alkanes) is 1. The fourth-order valence-corrected chi connectivity index (χ4v) is 5.18. The van der Waals surface area contributed by atoms with Gasteiger partial charge >= 0.3 is 0 Å². The third-order valence-electron chi connectivity index (χ3n) is 5.88. The lowest BCUT2D eigenvalue weighted by Crippen LogP contribution is -2.34. The minimum atomic E-state index is -3.57. The smallest absolute Gasteiger partial charge is 0.258 e. The molecule has 2 aromatic carbocycles. The molecule has 0 saturated heterocycles. The van der Waals surface area contributed by atoms with Crippen molar-refractivity contribution in [1.82, 2.24) is 4.72 Å². The van der Waals surface area contributed by atoms with Gasteiger partial charge in [-0.15, -0.1) is 0 Å². The lowest BCUT2D eigenvalue weighted by atomic mass is 10.1. The standard InChI is InChI=1S/C25H34N2O4S/c1-3-4-19-31-23-15-11-20(12-16-23)25(28)27(2)22-13-17-24(18-14-22)32(29,30)26-21-9-7-5-6-8-10-21/h11-18,21,26H,3-10,19H2,1-2H3. The third-order valence-corrected chi connectivity index (χ3v) is 7.42. The summed E-state index contributed by atoms with van der Waals surface area (Å²) >= 11 is 0. The Morgan fingerprint density at radius 3 is 2.22 bits per heavy atom. The maximum Gasteiger partial charge on any atom is 0.258 e. The van der Waals surface area contributed by atoms with Gasteiger partial charge in [-0.2, -0.15) is 0 Å². The van der Waals surface area contributed by atoms with E-state index >= 15 is 0 Å². The van der Waals surface area contributed by atoms with Gasteiger partial charge in [0.15, 0.2) is 0 Å². The number of amides is 1. The quantitative estimate of drug-likeness (QED) is 0.417. The number of nitrogens with one attached hydrogen (secondary N) is 1. The SMILES string of the molecule is CCCCOc1ccc(C(=O)N(C)c2ccc(S(=O)(=O)NC3CCCCCC3)cc2)cc1. The van der Waals surface area contributed by atoms with Crippen molar-refractivity contribution in [2.75, 3.05) is 18.6 Å². The first-order chi connectivity index (χ1) is 15.4. The molecule has 6 nitrogen and oxygen atoms in total. The molecule has 0 spiro atoms. The highest BCUT2D eigenvalue weighted by molar-refractivity contribution is 7.89. The number of nitrogens with zero attached hydrogens (tertiary/aromatic N) is 1. The summed E-state index contributed by atoms with van der Waals surface area (Å²) in [6.07, 6.45) is 8.29. The Kier molecular flexibility index (Phi) is 8.70. The molecule has 1 fully saturated rings. The van der Waals surface area contributed by atoms with Gasteiger partial charge in [-0.25, -0.2) is 13.1 Å². The topological polar surface area (TPSA) is 75.7 Å². The monoisotopic (exact) mass is 458 g/mol. The molecular weight excluding hydrogens is 424 g/mol. The Morgan fingerprint density at radius 2 is 1.62 bits per heavy atom. The van der Waals surface area contributed by atoms with E-state index in [4.69, 9.17) is 4.74 Å². The van der Waals surface area contributed by atoms with Gasteiger partial charge in [0.2, 0.25) is 10.0 Å². The molecule has 1 saturated carbocycles. The molecule has 0 heterocycles. The fraction of sp³-hybridized carbons (Fsp3) is 0.480. The van der Waals surface area contributed by atoms with E-state index in [0.29, 0.717) is 17.9 Å². The summed E-state index contributed by atoms with van der Waals surface area (Å²) in [7, 11) is -1.89. The lowest BCUT2D eigenvalue weighted by Gasteiger charge is -2.19. The average Bonchev–Trinajstić information content (AvgIpc) is 3.07. The summed E-state index contributed by atoms with van der Waals surface area (Å²) in [4.78, 5) is 14.6. The van der Waals surface area contributed by atoms with Crippen LogP contribution in [0.1, 0.15) is 68.6 Å². The van der Waals surface area contributed by atoms with E-state index in [1.54, 1.807) is 55.6 Å². The molecule has 1 aliphatic rings. The van der Waals surface area contributed by atoms with E-state index in [-0.39, 0.29) is 16.8 Å². The van der Waals surface area contributed by atoms with Gasteiger partial charge in [0.05, 0.1) is 11.5 Å². The molecule has 1 amide bonds. The first kappa shape index (κ1) is 24.3.